The van der Waals surface area contributed by atoms with E-state index in [1.54, 1.807) is 11.3 Å². The van der Waals surface area contributed by atoms with Crippen molar-refractivity contribution < 1.29 is 9.00 Å². The van der Waals surface area contributed by atoms with Gasteiger partial charge in [-0.15, -0.1) is 11.3 Å². The third-order valence-electron chi connectivity index (χ3n) is 4.69. The van der Waals surface area contributed by atoms with Crippen molar-refractivity contribution >= 4 is 28.2 Å². The van der Waals surface area contributed by atoms with E-state index in [-0.39, 0.29) is 12.1 Å². The third-order valence-corrected chi connectivity index (χ3v) is 6.98. The van der Waals surface area contributed by atoms with Crippen LogP contribution < -0.4 is 10.6 Å². The molecular weight excluding hydrogens is 378 g/mol. The van der Waals surface area contributed by atoms with Crippen molar-refractivity contribution in [2.75, 3.05) is 31.9 Å². The van der Waals surface area contributed by atoms with E-state index in [4.69, 9.17) is 0 Å². The normalized spacial score (nSPS) is 16.7. The number of hydrogen-bond donors (Lipinski definition) is 2. The number of rotatable bonds is 9. The molecule has 0 bridgehead atoms. The van der Waals surface area contributed by atoms with Gasteiger partial charge in [0, 0.05) is 40.3 Å². The SMILES string of the molecule is O=C(NCCS(=O)Cc1ccccc1)NCC(c1cccs1)N1CCCC1. The summed E-state index contributed by atoms with van der Waals surface area (Å²) in [7, 11) is -0.975. The van der Waals surface area contributed by atoms with Crippen LogP contribution in [-0.2, 0) is 16.6 Å². The lowest BCUT2D eigenvalue weighted by Gasteiger charge is -2.26. The van der Waals surface area contributed by atoms with Gasteiger partial charge < -0.3 is 10.6 Å². The molecule has 1 fully saturated rings. The summed E-state index contributed by atoms with van der Waals surface area (Å²) in [5.74, 6) is 0.988. The van der Waals surface area contributed by atoms with Crippen molar-refractivity contribution in [2.24, 2.45) is 0 Å². The molecule has 2 aromatic rings. The molecule has 2 amide bonds. The quantitative estimate of drug-likeness (QED) is 0.674. The Morgan fingerprint density at radius 1 is 1.11 bits per heavy atom. The molecule has 1 aromatic heterocycles. The summed E-state index contributed by atoms with van der Waals surface area (Å²) in [6.07, 6.45) is 2.45. The fourth-order valence-corrected chi connectivity index (χ4v) is 5.21. The summed E-state index contributed by atoms with van der Waals surface area (Å²) in [6, 6.07) is 14.0. The van der Waals surface area contributed by atoms with Crippen molar-refractivity contribution in [3.63, 3.8) is 0 Å². The molecule has 1 aliphatic heterocycles. The number of urea groups is 1. The Hall–Kier alpha value is -1.70. The summed E-state index contributed by atoms with van der Waals surface area (Å²) in [5, 5.41) is 7.90. The van der Waals surface area contributed by atoms with E-state index in [9.17, 15) is 9.00 Å². The van der Waals surface area contributed by atoms with Crippen LogP contribution in [0.2, 0.25) is 0 Å². The zero-order valence-corrected chi connectivity index (χ0v) is 17.1. The van der Waals surface area contributed by atoms with Crippen LogP contribution in [0.25, 0.3) is 0 Å². The highest BCUT2D eigenvalue weighted by atomic mass is 32.2. The minimum absolute atomic E-state index is 0.188. The molecule has 7 heteroatoms. The third kappa shape index (κ3) is 6.45. The second-order valence-electron chi connectivity index (χ2n) is 6.68. The van der Waals surface area contributed by atoms with E-state index in [0.29, 0.717) is 24.6 Å². The first-order valence-corrected chi connectivity index (χ1v) is 11.8. The molecule has 27 heavy (non-hydrogen) atoms. The van der Waals surface area contributed by atoms with Crippen LogP contribution in [0.4, 0.5) is 4.79 Å². The fraction of sp³-hybridized carbons (Fsp3) is 0.450. The smallest absolute Gasteiger partial charge is 0.314 e. The van der Waals surface area contributed by atoms with Crippen LogP contribution in [0.15, 0.2) is 47.8 Å². The first kappa shape index (κ1) is 20.0. The number of hydrogen-bond acceptors (Lipinski definition) is 4. The minimum Gasteiger partial charge on any atom is -0.337 e. The molecule has 2 unspecified atom stereocenters. The number of amides is 2. The minimum atomic E-state index is -0.975. The van der Waals surface area contributed by atoms with Gasteiger partial charge in [-0.2, -0.15) is 0 Å². The van der Waals surface area contributed by atoms with Gasteiger partial charge in [-0.3, -0.25) is 9.11 Å². The number of likely N-dealkylation sites (tertiary alicyclic amines) is 1. The van der Waals surface area contributed by atoms with E-state index >= 15 is 0 Å². The number of carbonyl (C=O) groups is 1. The molecule has 2 atom stereocenters. The Kier molecular flexibility index (Phi) is 7.86. The van der Waals surface area contributed by atoms with E-state index < -0.39 is 10.8 Å². The molecule has 3 rings (SSSR count). The number of nitrogens with one attached hydrogen (secondary N) is 2. The van der Waals surface area contributed by atoms with Crippen LogP contribution >= 0.6 is 11.3 Å². The van der Waals surface area contributed by atoms with Gasteiger partial charge in [0.15, 0.2) is 0 Å². The maximum Gasteiger partial charge on any atom is 0.314 e. The zero-order valence-electron chi connectivity index (χ0n) is 15.4. The van der Waals surface area contributed by atoms with Crippen LogP contribution in [-0.4, -0.2) is 47.1 Å². The van der Waals surface area contributed by atoms with Gasteiger partial charge in [0.25, 0.3) is 0 Å². The highest BCUT2D eigenvalue weighted by Crippen LogP contribution is 2.27. The lowest BCUT2D eigenvalue weighted by atomic mass is 10.2. The second-order valence-corrected chi connectivity index (χ2v) is 9.24. The molecule has 0 radical (unpaired) electrons. The van der Waals surface area contributed by atoms with Crippen molar-refractivity contribution in [1.82, 2.24) is 15.5 Å². The van der Waals surface area contributed by atoms with Crippen molar-refractivity contribution in [3.8, 4) is 0 Å². The monoisotopic (exact) mass is 405 g/mol. The summed E-state index contributed by atoms with van der Waals surface area (Å²) in [5.41, 5.74) is 1.06. The molecule has 5 nitrogen and oxygen atoms in total. The maximum absolute atomic E-state index is 12.1. The number of benzene rings is 1. The summed E-state index contributed by atoms with van der Waals surface area (Å²) in [4.78, 5) is 15.9. The second kappa shape index (κ2) is 10.6. The maximum atomic E-state index is 12.1. The Balaban J connectivity index is 1.38. The summed E-state index contributed by atoms with van der Waals surface area (Å²) < 4.78 is 12.1. The van der Waals surface area contributed by atoms with E-state index in [0.717, 1.165) is 18.7 Å². The van der Waals surface area contributed by atoms with E-state index in [2.05, 4.69) is 33.0 Å². The predicted octanol–water partition coefficient (Wildman–Crippen LogP) is 3.13. The largest absolute Gasteiger partial charge is 0.337 e. The molecular formula is C20H27N3O2S2. The molecule has 0 aliphatic carbocycles. The molecule has 1 saturated heterocycles. The summed E-state index contributed by atoms with van der Waals surface area (Å²) in [6.45, 7) is 3.19. The van der Waals surface area contributed by atoms with Gasteiger partial charge in [0.2, 0.25) is 0 Å². The lowest BCUT2D eigenvalue weighted by Crippen LogP contribution is -2.42. The molecule has 1 aromatic carbocycles. The topological polar surface area (TPSA) is 61.4 Å². The van der Waals surface area contributed by atoms with Crippen LogP contribution in [0, 0.1) is 0 Å². The molecule has 146 valence electrons. The molecule has 2 heterocycles. The van der Waals surface area contributed by atoms with Gasteiger partial charge >= 0.3 is 6.03 Å². The zero-order chi connectivity index (χ0) is 18.9. The first-order chi connectivity index (χ1) is 13.2. The van der Waals surface area contributed by atoms with E-state index in [1.165, 1.54) is 17.7 Å². The van der Waals surface area contributed by atoms with Gasteiger partial charge in [-0.05, 0) is 42.9 Å². The average molecular weight is 406 g/mol. The molecule has 0 spiro atoms. The highest BCUT2D eigenvalue weighted by molar-refractivity contribution is 7.84. The fourth-order valence-electron chi connectivity index (χ4n) is 3.31. The molecule has 2 N–H and O–H groups in total. The van der Waals surface area contributed by atoms with Crippen LogP contribution in [0.1, 0.15) is 29.3 Å². The lowest BCUT2D eigenvalue weighted by molar-refractivity contribution is 0.223. The van der Waals surface area contributed by atoms with Crippen molar-refractivity contribution in [1.29, 1.82) is 0 Å². The number of carbonyl (C=O) groups excluding carboxylic acids is 1. The van der Waals surface area contributed by atoms with Gasteiger partial charge in [0.1, 0.15) is 0 Å². The standard InChI is InChI=1S/C20H27N3O2S2/c24-20(21-10-14-27(25)16-17-7-2-1-3-8-17)22-15-18(19-9-6-13-26-19)23-11-4-5-12-23/h1-3,6-9,13,18H,4-5,10-12,14-16H2,(H2,21,22,24). The van der Waals surface area contributed by atoms with Crippen LogP contribution in [0.5, 0.6) is 0 Å². The Morgan fingerprint density at radius 2 is 1.89 bits per heavy atom. The predicted molar refractivity (Wildman–Crippen MR) is 112 cm³/mol. The summed E-state index contributed by atoms with van der Waals surface area (Å²) >= 11 is 1.74. The average Bonchev–Trinajstić information content (AvgIpc) is 3.37. The van der Waals surface area contributed by atoms with Crippen LogP contribution in [0.3, 0.4) is 0 Å². The van der Waals surface area contributed by atoms with E-state index in [1.807, 2.05) is 30.3 Å². The Labute approximate surface area is 167 Å². The Morgan fingerprint density at radius 3 is 2.59 bits per heavy atom. The van der Waals surface area contributed by atoms with Gasteiger partial charge in [0.05, 0.1) is 6.04 Å². The molecule has 1 aliphatic rings. The number of nitrogens with zero attached hydrogens (tertiary/aromatic N) is 1. The van der Waals surface area contributed by atoms with Crippen molar-refractivity contribution in [3.05, 3.63) is 58.3 Å². The number of thiophene rings is 1. The highest BCUT2D eigenvalue weighted by Gasteiger charge is 2.24. The van der Waals surface area contributed by atoms with Gasteiger partial charge in [-0.25, -0.2) is 4.79 Å². The van der Waals surface area contributed by atoms with Gasteiger partial charge in [-0.1, -0.05) is 36.4 Å². The first-order valence-electron chi connectivity index (χ1n) is 9.40. The molecule has 0 saturated carbocycles. The Bertz CT molecular complexity index is 716. The van der Waals surface area contributed by atoms with Crippen molar-refractivity contribution in [2.45, 2.75) is 24.6 Å².